The van der Waals surface area contributed by atoms with E-state index in [-0.39, 0.29) is 5.82 Å². The summed E-state index contributed by atoms with van der Waals surface area (Å²) in [7, 11) is 0. The molecule has 0 radical (unpaired) electrons. The summed E-state index contributed by atoms with van der Waals surface area (Å²) in [6.07, 6.45) is 10.2. The van der Waals surface area contributed by atoms with Crippen molar-refractivity contribution in [2.24, 2.45) is 5.92 Å². The van der Waals surface area contributed by atoms with Gasteiger partial charge in [0.25, 0.3) is 0 Å². The van der Waals surface area contributed by atoms with Crippen molar-refractivity contribution in [2.45, 2.75) is 65.2 Å². The van der Waals surface area contributed by atoms with Gasteiger partial charge in [-0.3, -0.25) is 0 Å². The first-order chi connectivity index (χ1) is 10.3. The van der Waals surface area contributed by atoms with Gasteiger partial charge >= 0.3 is 0 Å². The zero-order valence-corrected chi connectivity index (χ0v) is 13.8. The second-order valence-electron chi connectivity index (χ2n) is 6.10. The molecule has 0 saturated heterocycles. The van der Waals surface area contributed by atoms with Crippen LogP contribution in [0.1, 0.15) is 64.4 Å². The van der Waals surface area contributed by atoms with E-state index in [2.05, 4.69) is 19.2 Å². The van der Waals surface area contributed by atoms with Crippen molar-refractivity contribution in [3.8, 4) is 0 Å². The summed E-state index contributed by atoms with van der Waals surface area (Å²) in [6, 6.07) is 7.01. The lowest BCUT2D eigenvalue weighted by Gasteiger charge is -2.18. The minimum absolute atomic E-state index is 0.140. The quantitative estimate of drug-likeness (QED) is 0.513. The van der Waals surface area contributed by atoms with Crippen LogP contribution in [-0.4, -0.2) is 13.1 Å². The first-order valence-electron chi connectivity index (χ1n) is 8.71. The molecule has 2 heteroatoms. The summed E-state index contributed by atoms with van der Waals surface area (Å²) in [4.78, 5) is 0. The minimum Gasteiger partial charge on any atom is -0.316 e. The van der Waals surface area contributed by atoms with Gasteiger partial charge in [-0.05, 0) is 56.0 Å². The molecule has 21 heavy (non-hydrogen) atoms. The van der Waals surface area contributed by atoms with Crippen LogP contribution in [0.25, 0.3) is 0 Å². The van der Waals surface area contributed by atoms with Crippen LogP contribution in [0.5, 0.6) is 0 Å². The molecule has 0 heterocycles. The molecule has 0 aromatic heterocycles. The average Bonchev–Trinajstić information content (AvgIpc) is 2.49. The van der Waals surface area contributed by atoms with Gasteiger partial charge in [0.05, 0.1) is 0 Å². The Morgan fingerprint density at radius 1 is 0.952 bits per heavy atom. The number of halogens is 1. The third-order valence-electron chi connectivity index (χ3n) is 4.01. The summed E-state index contributed by atoms with van der Waals surface area (Å²) >= 11 is 0. The zero-order chi connectivity index (χ0) is 15.3. The first-order valence-corrected chi connectivity index (χ1v) is 8.71. The molecule has 0 aliphatic carbocycles. The van der Waals surface area contributed by atoms with Gasteiger partial charge in [0.2, 0.25) is 0 Å². The van der Waals surface area contributed by atoms with E-state index >= 15 is 0 Å². The van der Waals surface area contributed by atoms with E-state index in [0.717, 1.165) is 19.5 Å². The maximum Gasteiger partial charge on any atom is 0.123 e. The van der Waals surface area contributed by atoms with Gasteiger partial charge in [-0.25, -0.2) is 4.39 Å². The molecule has 0 aliphatic heterocycles. The predicted molar refractivity (Wildman–Crippen MR) is 90.1 cm³/mol. The highest BCUT2D eigenvalue weighted by Crippen LogP contribution is 2.17. The third-order valence-corrected chi connectivity index (χ3v) is 4.01. The Morgan fingerprint density at radius 3 is 2.33 bits per heavy atom. The van der Waals surface area contributed by atoms with E-state index in [0.29, 0.717) is 5.92 Å². The highest BCUT2D eigenvalue weighted by Gasteiger charge is 2.09. The molecule has 1 aromatic rings. The van der Waals surface area contributed by atoms with Gasteiger partial charge in [-0.1, -0.05) is 58.1 Å². The van der Waals surface area contributed by atoms with Crippen LogP contribution >= 0.6 is 0 Å². The van der Waals surface area contributed by atoms with Gasteiger partial charge in [0.15, 0.2) is 0 Å². The number of hydrogen-bond acceptors (Lipinski definition) is 1. The van der Waals surface area contributed by atoms with Gasteiger partial charge < -0.3 is 5.32 Å². The maximum atomic E-state index is 13.0. The van der Waals surface area contributed by atoms with Crippen molar-refractivity contribution in [3.63, 3.8) is 0 Å². The third kappa shape index (κ3) is 8.87. The summed E-state index contributed by atoms with van der Waals surface area (Å²) in [5.41, 5.74) is 1.26. The van der Waals surface area contributed by atoms with Crippen molar-refractivity contribution >= 4 is 0 Å². The molecule has 0 aliphatic rings. The van der Waals surface area contributed by atoms with Crippen LogP contribution in [0.2, 0.25) is 0 Å². The minimum atomic E-state index is -0.140. The zero-order valence-electron chi connectivity index (χ0n) is 13.8. The van der Waals surface area contributed by atoms with Crippen LogP contribution < -0.4 is 5.32 Å². The summed E-state index contributed by atoms with van der Waals surface area (Å²) in [5.74, 6) is 0.530. The Kier molecular flexibility index (Phi) is 10.1. The van der Waals surface area contributed by atoms with E-state index in [1.807, 2.05) is 12.1 Å². The molecule has 120 valence electrons. The highest BCUT2D eigenvalue weighted by molar-refractivity contribution is 5.16. The fraction of sp³-hybridized carbons (Fsp3) is 0.684. The van der Waals surface area contributed by atoms with Crippen molar-refractivity contribution in [2.75, 3.05) is 13.1 Å². The lowest BCUT2D eigenvalue weighted by Crippen LogP contribution is -2.25. The molecule has 1 aromatic carbocycles. The largest absolute Gasteiger partial charge is 0.316 e. The van der Waals surface area contributed by atoms with Crippen molar-refractivity contribution in [1.82, 2.24) is 5.32 Å². The summed E-state index contributed by atoms with van der Waals surface area (Å²) in [6.45, 7) is 6.63. The Bertz CT molecular complexity index is 347. The second-order valence-corrected chi connectivity index (χ2v) is 6.10. The van der Waals surface area contributed by atoms with Gasteiger partial charge in [0, 0.05) is 0 Å². The lowest BCUT2D eigenvalue weighted by molar-refractivity contribution is 0.420. The number of unbranched alkanes of at least 4 members (excludes halogenated alkanes) is 4. The van der Waals surface area contributed by atoms with Crippen LogP contribution in [0.4, 0.5) is 4.39 Å². The Labute approximate surface area is 130 Å². The van der Waals surface area contributed by atoms with E-state index < -0.39 is 0 Å². The normalized spacial score (nSPS) is 12.5. The SMILES string of the molecule is CCCCCCCC(CNCCC)Cc1ccc(F)cc1. The molecule has 1 unspecified atom stereocenters. The number of nitrogens with one attached hydrogen (secondary N) is 1. The van der Waals surface area contributed by atoms with Gasteiger partial charge in [0.1, 0.15) is 5.82 Å². The standard InChI is InChI=1S/C19H32FN/c1-3-5-6-7-8-9-18(16-21-14-4-2)15-17-10-12-19(20)13-11-17/h10-13,18,21H,3-9,14-16H2,1-2H3. The Hall–Kier alpha value is -0.890. The van der Waals surface area contributed by atoms with Crippen molar-refractivity contribution < 1.29 is 4.39 Å². The molecular formula is C19H32FN. The van der Waals surface area contributed by atoms with Gasteiger partial charge in [-0.15, -0.1) is 0 Å². The second kappa shape index (κ2) is 11.7. The first kappa shape index (κ1) is 18.2. The fourth-order valence-electron chi connectivity index (χ4n) is 2.75. The number of rotatable bonds is 12. The van der Waals surface area contributed by atoms with Crippen molar-refractivity contribution in [1.29, 1.82) is 0 Å². The van der Waals surface area contributed by atoms with E-state index in [1.54, 1.807) is 12.1 Å². The molecule has 1 rings (SSSR count). The Balaban J connectivity index is 2.37. The van der Waals surface area contributed by atoms with Crippen molar-refractivity contribution in [3.05, 3.63) is 35.6 Å². The molecule has 0 spiro atoms. The Morgan fingerprint density at radius 2 is 1.67 bits per heavy atom. The topological polar surface area (TPSA) is 12.0 Å². The lowest BCUT2D eigenvalue weighted by atomic mass is 9.93. The molecule has 0 fully saturated rings. The van der Waals surface area contributed by atoms with Crippen LogP contribution in [-0.2, 0) is 6.42 Å². The van der Waals surface area contributed by atoms with E-state index in [1.165, 1.54) is 50.5 Å². The molecular weight excluding hydrogens is 261 g/mol. The monoisotopic (exact) mass is 293 g/mol. The number of hydrogen-bond donors (Lipinski definition) is 1. The van der Waals surface area contributed by atoms with Crippen LogP contribution in [0, 0.1) is 11.7 Å². The summed E-state index contributed by atoms with van der Waals surface area (Å²) in [5, 5.41) is 3.54. The average molecular weight is 293 g/mol. The number of benzene rings is 1. The summed E-state index contributed by atoms with van der Waals surface area (Å²) < 4.78 is 13.0. The molecule has 1 atom stereocenters. The molecule has 0 bridgehead atoms. The smallest absolute Gasteiger partial charge is 0.123 e. The maximum absolute atomic E-state index is 13.0. The van der Waals surface area contributed by atoms with E-state index in [9.17, 15) is 4.39 Å². The fourth-order valence-corrected chi connectivity index (χ4v) is 2.75. The van der Waals surface area contributed by atoms with Crippen LogP contribution in [0.3, 0.4) is 0 Å². The van der Waals surface area contributed by atoms with Crippen LogP contribution in [0.15, 0.2) is 24.3 Å². The molecule has 0 saturated carbocycles. The molecule has 1 N–H and O–H groups in total. The predicted octanol–water partition coefficient (Wildman–Crippen LogP) is 5.34. The van der Waals surface area contributed by atoms with E-state index in [4.69, 9.17) is 0 Å². The molecule has 1 nitrogen and oxygen atoms in total. The van der Waals surface area contributed by atoms with Gasteiger partial charge in [-0.2, -0.15) is 0 Å². The molecule has 0 amide bonds. The highest BCUT2D eigenvalue weighted by atomic mass is 19.1.